The van der Waals surface area contributed by atoms with Crippen molar-refractivity contribution in [3.63, 3.8) is 0 Å². The van der Waals surface area contributed by atoms with Crippen LogP contribution >= 0.6 is 0 Å². The molecule has 1 aliphatic heterocycles. The maximum atomic E-state index is 2.68. The molecule has 1 aliphatic carbocycles. The Morgan fingerprint density at radius 3 is 2.21 bits per heavy atom. The Kier molecular flexibility index (Phi) is 3.16. The van der Waals surface area contributed by atoms with Crippen LogP contribution in [0.5, 0.6) is 0 Å². The van der Waals surface area contributed by atoms with Gasteiger partial charge in [0.2, 0.25) is 0 Å². The summed E-state index contributed by atoms with van der Waals surface area (Å²) in [5.41, 5.74) is 0.640. The molecule has 1 heterocycles. The van der Waals surface area contributed by atoms with Crippen LogP contribution in [0, 0.1) is 11.3 Å². The molecule has 0 bridgehead atoms. The van der Waals surface area contributed by atoms with Gasteiger partial charge in [-0.1, -0.05) is 13.8 Å². The molecule has 0 aromatic rings. The van der Waals surface area contributed by atoms with E-state index >= 15 is 0 Å². The number of likely N-dealkylation sites (tertiary alicyclic amines) is 1. The summed E-state index contributed by atoms with van der Waals surface area (Å²) in [4.78, 5) is 2.68. The molecule has 82 valence electrons. The van der Waals surface area contributed by atoms with Crippen molar-refractivity contribution >= 4 is 0 Å². The average molecular weight is 195 g/mol. The molecule has 0 spiro atoms. The molecule has 0 unspecified atom stereocenters. The minimum atomic E-state index is 0.640. The third-order valence-corrected chi connectivity index (χ3v) is 4.17. The van der Waals surface area contributed by atoms with Crippen LogP contribution in [0.1, 0.15) is 52.4 Å². The van der Waals surface area contributed by atoms with E-state index in [0.717, 1.165) is 5.92 Å². The summed E-state index contributed by atoms with van der Waals surface area (Å²) < 4.78 is 0. The Balaban J connectivity index is 1.72. The van der Waals surface area contributed by atoms with Gasteiger partial charge in [-0.25, -0.2) is 0 Å². The Morgan fingerprint density at radius 1 is 1.07 bits per heavy atom. The van der Waals surface area contributed by atoms with Crippen LogP contribution in [0.25, 0.3) is 0 Å². The Labute approximate surface area is 88.9 Å². The quantitative estimate of drug-likeness (QED) is 0.653. The highest BCUT2D eigenvalue weighted by molar-refractivity contribution is 4.81. The number of rotatable bonds is 2. The van der Waals surface area contributed by atoms with E-state index in [-0.39, 0.29) is 0 Å². The molecule has 0 amide bonds. The monoisotopic (exact) mass is 195 g/mol. The van der Waals surface area contributed by atoms with Crippen molar-refractivity contribution in [3.8, 4) is 0 Å². The topological polar surface area (TPSA) is 3.24 Å². The fraction of sp³-hybridized carbons (Fsp3) is 1.00. The molecule has 1 saturated carbocycles. The van der Waals surface area contributed by atoms with Crippen LogP contribution in [0.3, 0.4) is 0 Å². The summed E-state index contributed by atoms with van der Waals surface area (Å²) in [7, 11) is 0. The lowest BCUT2D eigenvalue weighted by molar-refractivity contribution is 0.156. The first-order chi connectivity index (χ1) is 6.66. The van der Waals surface area contributed by atoms with Crippen molar-refractivity contribution < 1.29 is 0 Å². The van der Waals surface area contributed by atoms with Gasteiger partial charge in [-0.2, -0.15) is 0 Å². The minimum Gasteiger partial charge on any atom is -0.303 e. The van der Waals surface area contributed by atoms with Crippen LogP contribution in [0.15, 0.2) is 0 Å². The Morgan fingerprint density at radius 2 is 1.64 bits per heavy atom. The van der Waals surface area contributed by atoms with Gasteiger partial charge in [0.1, 0.15) is 0 Å². The number of hydrogen-bond donors (Lipinski definition) is 0. The van der Waals surface area contributed by atoms with Crippen molar-refractivity contribution in [1.82, 2.24) is 4.90 Å². The standard InChI is InChI=1S/C13H25N/c1-13(2)7-5-12(6-8-13)11-14-9-3-4-10-14/h12H,3-11H2,1-2H3. The van der Waals surface area contributed by atoms with E-state index < -0.39 is 0 Å². The zero-order chi connectivity index (χ0) is 10.0. The molecular formula is C13H25N. The molecular weight excluding hydrogens is 170 g/mol. The lowest BCUT2D eigenvalue weighted by atomic mass is 9.73. The second-order valence-corrected chi connectivity index (χ2v) is 6.12. The summed E-state index contributed by atoms with van der Waals surface area (Å²) >= 11 is 0. The van der Waals surface area contributed by atoms with E-state index in [1.807, 2.05) is 0 Å². The van der Waals surface area contributed by atoms with Gasteiger partial charge in [-0.15, -0.1) is 0 Å². The lowest BCUT2D eigenvalue weighted by Crippen LogP contribution is -2.31. The van der Waals surface area contributed by atoms with Crippen molar-refractivity contribution in [2.24, 2.45) is 11.3 Å². The zero-order valence-electron chi connectivity index (χ0n) is 9.89. The first kappa shape index (κ1) is 10.5. The molecule has 2 fully saturated rings. The highest BCUT2D eigenvalue weighted by atomic mass is 15.1. The third kappa shape index (κ3) is 2.73. The fourth-order valence-corrected chi connectivity index (χ4v) is 2.97. The normalized spacial score (nSPS) is 29.6. The number of hydrogen-bond acceptors (Lipinski definition) is 1. The maximum absolute atomic E-state index is 2.68. The first-order valence-corrected chi connectivity index (χ1v) is 6.38. The summed E-state index contributed by atoms with van der Waals surface area (Å²) in [6.45, 7) is 9.01. The molecule has 14 heavy (non-hydrogen) atoms. The van der Waals surface area contributed by atoms with Crippen LogP contribution in [-0.2, 0) is 0 Å². The van der Waals surface area contributed by atoms with Gasteiger partial charge in [0, 0.05) is 6.54 Å². The maximum Gasteiger partial charge on any atom is 0.000966 e. The second-order valence-electron chi connectivity index (χ2n) is 6.12. The summed E-state index contributed by atoms with van der Waals surface area (Å²) in [5.74, 6) is 1.01. The molecule has 0 atom stereocenters. The summed E-state index contributed by atoms with van der Waals surface area (Å²) in [6, 6.07) is 0. The highest BCUT2D eigenvalue weighted by Gasteiger charge is 2.28. The molecule has 1 nitrogen and oxygen atoms in total. The van der Waals surface area contributed by atoms with Crippen LogP contribution in [-0.4, -0.2) is 24.5 Å². The van der Waals surface area contributed by atoms with E-state index in [9.17, 15) is 0 Å². The van der Waals surface area contributed by atoms with E-state index in [2.05, 4.69) is 18.7 Å². The largest absolute Gasteiger partial charge is 0.303 e. The lowest BCUT2D eigenvalue weighted by Gasteiger charge is -2.35. The Hall–Kier alpha value is -0.0400. The highest BCUT2D eigenvalue weighted by Crippen LogP contribution is 2.38. The second kappa shape index (κ2) is 4.22. The molecule has 0 aromatic heterocycles. The molecule has 1 saturated heterocycles. The van der Waals surface area contributed by atoms with E-state index in [1.54, 1.807) is 0 Å². The predicted octanol–water partition coefficient (Wildman–Crippen LogP) is 3.30. The predicted molar refractivity (Wildman–Crippen MR) is 61.4 cm³/mol. The molecule has 0 radical (unpaired) electrons. The van der Waals surface area contributed by atoms with E-state index in [4.69, 9.17) is 0 Å². The average Bonchev–Trinajstić information content (AvgIpc) is 2.61. The molecule has 0 aromatic carbocycles. The molecule has 2 rings (SSSR count). The smallest absolute Gasteiger partial charge is 0.000966 e. The Bertz CT molecular complexity index is 170. The van der Waals surface area contributed by atoms with Crippen molar-refractivity contribution in [2.75, 3.05) is 19.6 Å². The SMILES string of the molecule is CC1(C)CCC(CN2CCCC2)CC1. The summed E-state index contributed by atoms with van der Waals surface area (Å²) in [5, 5.41) is 0. The van der Waals surface area contributed by atoms with Crippen LogP contribution in [0.2, 0.25) is 0 Å². The van der Waals surface area contributed by atoms with Gasteiger partial charge in [-0.3, -0.25) is 0 Å². The van der Waals surface area contributed by atoms with Gasteiger partial charge >= 0.3 is 0 Å². The molecule has 0 N–H and O–H groups in total. The fourth-order valence-electron chi connectivity index (χ4n) is 2.97. The summed E-state index contributed by atoms with van der Waals surface area (Å²) in [6.07, 6.45) is 8.74. The van der Waals surface area contributed by atoms with Crippen molar-refractivity contribution in [3.05, 3.63) is 0 Å². The number of nitrogens with zero attached hydrogens (tertiary/aromatic N) is 1. The van der Waals surface area contributed by atoms with Crippen LogP contribution < -0.4 is 0 Å². The minimum absolute atomic E-state index is 0.640. The first-order valence-electron chi connectivity index (χ1n) is 6.38. The van der Waals surface area contributed by atoms with Crippen molar-refractivity contribution in [2.45, 2.75) is 52.4 Å². The van der Waals surface area contributed by atoms with E-state index in [0.29, 0.717) is 5.41 Å². The van der Waals surface area contributed by atoms with Crippen LogP contribution in [0.4, 0.5) is 0 Å². The van der Waals surface area contributed by atoms with Gasteiger partial charge in [0.25, 0.3) is 0 Å². The van der Waals surface area contributed by atoms with Crippen molar-refractivity contribution in [1.29, 1.82) is 0 Å². The van der Waals surface area contributed by atoms with Gasteiger partial charge in [0.05, 0.1) is 0 Å². The molecule has 1 heteroatoms. The van der Waals surface area contributed by atoms with Gasteiger partial charge < -0.3 is 4.90 Å². The van der Waals surface area contributed by atoms with Gasteiger partial charge in [0.15, 0.2) is 0 Å². The molecule has 2 aliphatic rings. The zero-order valence-corrected chi connectivity index (χ0v) is 9.89. The van der Waals surface area contributed by atoms with E-state index in [1.165, 1.54) is 58.2 Å². The van der Waals surface area contributed by atoms with Gasteiger partial charge in [-0.05, 0) is 62.9 Å². The third-order valence-electron chi connectivity index (χ3n) is 4.17.